The summed E-state index contributed by atoms with van der Waals surface area (Å²) in [4.78, 5) is 4.09. The number of aromatic nitrogens is 1. The summed E-state index contributed by atoms with van der Waals surface area (Å²) in [5.74, 6) is 0.937. The first-order valence-electron chi connectivity index (χ1n) is 6.64. The zero-order chi connectivity index (χ0) is 13.3. The Morgan fingerprint density at radius 1 is 1.16 bits per heavy atom. The summed E-state index contributed by atoms with van der Waals surface area (Å²) in [6, 6.07) is 12.0. The van der Waals surface area contributed by atoms with Crippen molar-refractivity contribution < 1.29 is 4.74 Å². The Morgan fingerprint density at radius 3 is 2.79 bits per heavy atom. The minimum Gasteiger partial charge on any atom is -0.494 e. The van der Waals surface area contributed by atoms with E-state index in [1.165, 1.54) is 11.1 Å². The van der Waals surface area contributed by atoms with Gasteiger partial charge >= 0.3 is 0 Å². The number of aryl methyl sites for hydroxylation is 1. The standard InChI is InChI=1S/C16H20N2O/c1-14-12-18-10-8-15(14)13-17-9-5-11-19-16-6-3-2-4-7-16/h2-4,6-8,10,12,17H,5,9,11,13H2,1H3. The Morgan fingerprint density at radius 2 is 2.00 bits per heavy atom. The van der Waals surface area contributed by atoms with Crippen molar-refractivity contribution in [3.63, 3.8) is 0 Å². The van der Waals surface area contributed by atoms with Crippen LogP contribution in [0.3, 0.4) is 0 Å². The first-order chi connectivity index (χ1) is 9.36. The molecule has 0 radical (unpaired) electrons. The second-order valence-electron chi connectivity index (χ2n) is 4.49. The summed E-state index contributed by atoms with van der Waals surface area (Å²) in [6.07, 6.45) is 4.73. The van der Waals surface area contributed by atoms with Gasteiger partial charge in [-0.05, 0) is 49.2 Å². The summed E-state index contributed by atoms with van der Waals surface area (Å²) in [7, 11) is 0. The lowest BCUT2D eigenvalue weighted by molar-refractivity contribution is 0.308. The van der Waals surface area contributed by atoms with E-state index in [9.17, 15) is 0 Å². The average molecular weight is 256 g/mol. The molecule has 0 saturated heterocycles. The van der Waals surface area contributed by atoms with E-state index < -0.39 is 0 Å². The largest absolute Gasteiger partial charge is 0.494 e. The lowest BCUT2D eigenvalue weighted by atomic mass is 10.1. The minimum atomic E-state index is 0.742. The molecule has 1 aromatic heterocycles. The molecule has 0 amide bonds. The maximum atomic E-state index is 5.63. The molecule has 100 valence electrons. The molecule has 0 aliphatic rings. The number of nitrogens with one attached hydrogen (secondary N) is 1. The molecule has 0 spiro atoms. The van der Waals surface area contributed by atoms with Gasteiger partial charge in [0.1, 0.15) is 5.75 Å². The zero-order valence-electron chi connectivity index (χ0n) is 11.3. The first-order valence-corrected chi connectivity index (χ1v) is 6.64. The molecule has 0 atom stereocenters. The number of rotatable bonds is 7. The Bertz CT molecular complexity index is 485. The van der Waals surface area contributed by atoms with Gasteiger partial charge in [-0.3, -0.25) is 4.98 Å². The lowest BCUT2D eigenvalue weighted by Gasteiger charge is -2.08. The van der Waals surface area contributed by atoms with Crippen LogP contribution in [0.1, 0.15) is 17.5 Å². The van der Waals surface area contributed by atoms with Crippen LogP contribution in [0, 0.1) is 6.92 Å². The van der Waals surface area contributed by atoms with Crippen molar-refractivity contribution in [2.45, 2.75) is 19.9 Å². The fourth-order valence-electron chi connectivity index (χ4n) is 1.83. The highest BCUT2D eigenvalue weighted by molar-refractivity contribution is 5.21. The van der Waals surface area contributed by atoms with Crippen molar-refractivity contribution in [2.75, 3.05) is 13.2 Å². The van der Waals surface area contributed by atoms with E-state index in [1.807, 2.05) is 42.7 Å². The molecule has 1 heterocycles. The topological polar surface area (TPSA) is 34.2 Å². The number of benzene rings is 1. The zero-order valence-corrected chi connectivity index (χ0v) is 11.3. The van der Waals surface area contributed by atoms with Crippen LogP contribution in [0.2, 0.25) is 0 Å². The van der Waals surface area contributed by atoms with Crippen molar-refractivity contribution in [3.05, 3.63) is 59.9 Å². The number of hydrogen-bond donors (Lipinski definition) is 1. The molecule has 0 bridgehead atoms. The third kappa shape index (κ3) is 4.72. The SMILES string of the molecule is Cc1cnccc1CNCCCOc1ccccc1. The predicted molar refractivity (Wildman–Crippen MR) is 77.2 cm³/mol. The van der Waals surface area contributed by atoms with Gasteiger partial charge < -0.3 is 10.1 Å². The molecule has 19 heavy (non-hydrogen) atoms. The van der Waals surface area contributed by atoms with Gasteiger partial charge in [-0.25, -0.2) is 0 Å². The number of nitrogens with zero attached hydrogens (tertiary/aromatic N) is 1. The molecule has 1 N–H and O–H groups in total. The molecule has 0 aliphatic heterocycles. The van der Waals surface area contributed by atoms with Gasteiger partial charge in [0.2, 0.25) is 0 Å². The third-order valence-corrected chi connectivity index (χ3v) is 2.96. The summed E-state index contributed by atoms with van der Waals surface area (Å²) >= 11 is 0. The van der Waals surface area contributed by atoms with E-state index in [0.717, 1.165) is 31.9 Å². The highest BCUT2D eigenvalue weighted by Gasteiger charge is 1.97. The number of para-hydroxylation sites is 1. The van der Waals surface area contributed by atoms with E-state index >= 15 is 0 Å². The summed E-state index contributed by atoms with van der Waals surface area (Å²) < 4.78 is 5.63. The predicted octanol–water partition coefficient (Wildman–Crippen LogP) is 2.95. The maximum absolute atomic E-state index is 5.63. The van der Waals surface area contributed by atoms with E-state index in [2.05, 4.69) is 23.3 Å². The Hall–Kier alpha value is -1.87. The summed E-state index contributed by atoms with van der Waals surface area (Å²) in [6.45, 7) is 4.67. The van der Waals surface area contributed by atoms with Crippen LogP contribution in [0.4, 0.5) is 0 Å². The van der Waals surface area contributed by atoms with Crippen molar-refractivity contribution in [1.82, 2.24) is 10.3 Å². The van der Waals surface area contributed by atoms with Crippen molar-refractivity contribution in [1.29, 1.82) is 0 Å². The molecule has 2 aromatic rings. The second kappa shape index (κ2) is 7.54. The molecule has 3 nitrogen and oxygen atoms in total. The summed E-state index contributed by atoms with van der Waals surface area (Å²) in [5, 5.41) is 3.42. The smallest absolute Gasteiger partial charge is 0.119 e. The number of pyridine rings is 1. The van der Waals surface area contributed by atoms with Gasteiger partial charge in [-0.15, -0.1) is 0 Å². The number of hydrogen-bond acceptors (Lipinski definition) is 3. The second-order valence-corrected chi connectivity index (χ2v) is 4.49. The molecular formula is C16H20N2O. The number of ether oxygens (including phenoxy) is 1. The molecule has 1 aromatic carbocycles. The maximum Gasteiger partial charge on any atom is 0.119 e. The Balaban J connectivity index is 1.59. The fourth-order valence-corrected chi connectivity index (χ4v) is 1.83. The van der Waals surface area contributed by atoms with Gasteiger partial charge in [-0.1, -0.05) is 18.2 Å². The Kier molecular flexibility index (Phi) is 5.38. The van der Waals surface area contributed by atoms with Gasteiger partial charge in [0, 0.05) is 18.9 Å². The van der Waals surface area contributed by atoms with Crippen LogP contribution in [-0.2, 0) is 6.54 Å². The van der Waals surface area contributed by atoms with Crippen LogP contribution >= 0.6 is 0 Å². The van der Waals surface area contributed by atoms with Crippen LogP contribution in [0.15, 0.2) is 48.8 Å². The van der Waals surface area contributed by atoms with Gasteiger partial charge in [-0.2, -0.15) is 0 Å². The highest BCUT2D eigenvalue weighted by Crippen LogP contribution is 2.08. The van der Waals surface area contributed by atoms with Gasteiger partial charge in [0.05, 0.1) is 6.61 Å². The van der Waals surface area contributed by atoms with Crippen LogP contribution in [-0.4, -0.2) is 18.1 Å². The van der Waals surface area contributed by atoms with Crippen LogP contribution in [0.25, 0.3) is 0 Å². The molecule has 0 fully saturated rings. The van der Waals surface area contributed by atoms with Crippen molar-refractivity contribution in [2.24, 2.45) is 0 Å². The fraction of sp³-hybridized carbons (Fsp3) is 0.312. The monoisotopic (exact) mass is 256 g/mol. The lowest BCUT2D eigenvalue weighted by Crippen LogP contribution is -2.17. The van der Waals surface area contributed by atoms with E-state index in [4.69, 9.17) is 4.74 Å². The molecular weight excluding hydrogens is 236 g/mol. The quantitative estimate of drug-likeness (QED) is 0.773. The van der Waals surface area contributed by atoms with Crippen LogP contribution in [0.5, 0.6) is 5.75 Å². The Labute approximate surface area is 114 Å². The average Bonchev–Trinajstić information content (AvgIpc) is 2.45. The van der Waals surface area contributed by atoms with Crippen molar-refractivity contribution in [3.8, 4) is 5.75 Å². The normalized spacial score (nSPS) is 10.4. The van der Waals surface area contributed by atoms with Gasteiger partial charge in [0.15, 0.2) is 0 Å². The van der Waals surface area contributed by atoms with E-state index in [-0.39, 0.29) is 0 Å². The molecule has 3 heteroatoms. The van der Waals surface area contributed by atoms with E-state index in [1.54, 1.807) is 0 Å². The molecule has 0 saturated carbocycles. The summed E-state index contributed by atoms with van der Waals surface area (Å²) in [5.41, 5.74) is 2.54. The first kappa shape index (κ1) is 13.6. The van der Waals surface area contributed by atoms with Crippen molar-refractivity contribution >= 4 is 0 Å². The minimum absolute atomic E-state index is 0.742. The molecule has 0 aliphatic carbocycles. The third-order valence-electron chi connectivity index (χ3n) is 2.96. The van der Waals surface area contributed by atoms with E-state index in [0.29, 0.717) is 0 Å². The molecule has 2 rings (SSSR count). The van der Waals surface area contributed by atoms with Gasteiger partial charge in [0.25, 0.3) is 0 Å². The highest BCUT2D eigenvalue weighted by atomic mass is 16.5. The van der Waals surface area contributed by atoms with Crippen LogP contribution < -0.4 is 10.1 Å². The molecule has 0 unspecified atom stereocenters.